The summed E-state index contributed by atoms with van der Waals surface area (Å²) in [7, 11) is 2.35. The first-order chi connectivity index (χ1) is 13.1. The Balaban J connectivity index is 2.38. The number of benzene rings is 1. The van der Waals surface area contributed by atoms with E-state index in [0.717, 1.165) is 23.8 Å². The molecule has 2 N–H and O–H groups in total. The van der Waals surface area contributed by atoms with Gasteiger partial charge in [-0.2, -0.15) is 5.10 Å². The van der Waals surface area contributed by atoms with Crippen molar-refractivity contribution in [2.45, 2.75) is 39.7 Å². The summed E-state index contributed by atoms with van der Waals surface area (Å²) in [6.45, 7) is 7.90. The predicted octanol–water partition coefficient (Wildman–Crippen LogP) is 2.42. The van der Waals surface area contributed by atoms with Crippen molar-refractivity contribution in [3.8, 4) is 0 Å². The summed E-state index contributed by atoms with van der Waals surface area (Å²) in [6.07, 6.45) is 1.68. The van der Waals surface area contributed by atoms with Gasteiger partial charge in [0.25, 0.3) is 5.91 Å². The smallest absolute Gasteiger partial charge is 0.354 e. The van der Waals surface area contributed by atoms with E-state index in [1.165, 1.54) is 7.11 Å². The number of aryl methyl sites for hydroxylation is 1. The molecule has 150 valence electrons. The zero-order chi connectivity index (χ0) is 21.1. The molecule has 0 saturated carbocycles. The van der Waals surface area contributed by atoms with Crippen molar-refractivity contribution in [2.75, 3.05) is 19.5 Å². The molecule has 28 heavy (non-hydrogen) atoms. The van der Waals surface area contributed by atoms with Gasteiger partial charge in [-0.05, 0) is 51.0 Å². The Morgan fingerprint density at radius 3 is 2.43 bits per heavy atom. The molecule has 1 amide bonds. The van der Waals surface area contributed by atoms with Crippen molar-refractivity contribution >= 4 is 34.8 Å². The van der Waals surface area contributed by atoms with Crippen LogP contribution in [0, 0.1) is 6.92 Å². The fraction of sp³-hybridized carbons (Fsp3) is 0.400. The van der Waals surface area contributed by atoms with Crippen LogP contribution in [0.5, 0.6) is 0 Å². The van der Waals surface area contributed by atoms with Gasteiger partial charge in [0.2, 0.25) is 0 Å². The van der Waals surface area contributed by atoms with Crippen LogP contribution in [0.1, 0.15) is 48.7 Å². The topological polar surface area (TPSA) is 106 Å². The quantitative estimate of drug-likeness (QED) is 0.457. The van der Waals surface area contributed by atoms with Crippen LogP contribution in [-0.4, -0.2) is 43.3 Å². The summed E-state index contributed by atoms with van der Waals surface area (Å²) in [4.78, 5) is 36.1. The second kappa shape index (κ2) is 8.24. The van der Waals surface area contributed by atoms with Gasteiger partial charge in [0.15, 0.2) is 5.71 Å². The van der Waals surface area contributed by atoms with Crippen LogP contribution in [0.3, 0.4) is 0 Å². The van der Waals surface area contributed by atoms with Gasteiger partial charge in [-0.25, -0.2) is 10.2 Å². The zero-order valence-corrected chi connectivity index (χ0v) is 16.9. The first kappa shape index (κ1) is 21.1. The summed E-state index contributed by atoms with van der Waals surface area (Å²) in [5.41, 5.74) is 5.73. The van der Waals surface area contributed by atoms with Crippen molar-refractivity contribution in [1.29, 1.82) is 0 Å². The number of hydrazone groups is 1. The molecule has 1 aromatic rings. The molecule has 0 atom stereocenters. The van der Waals surface area contributed by atoms with E-state index in [0.29, 0.717) is 11.3 Å². The minimum atomic E-state index is -0.824. The number of methoxy groups -OCH3 is 2. The average Bonchev–Trinajstić information content (AvgIpc) is 2.63. The molecule has 2 rings (SSSR count). The molecule has 1 aliphatic heterocycles. The molecule has 0 spiro atoms. The number of rotatable bonds is 5. The van der Waals surface area contributed by atoms with Gasteiger partial charge in [-0.15, -0.1) is 0 Å². The van der Waals surface area contributed by atoms with E-state index in [4.69, 9.17) is 0 Å². The number of ether oxygens (including phenoxy) is 2. The number of anilines is 1. The number of nitrogens with zero attached hydrogens (tertiary/aromatic N) is 1. The summed E-state index contributed by atoms with van der Waals surface area (Å²) < 4.78 is 9.13. The summed E-state index contributed by atoms with van der Waals surface area (Å²) >= 11 is 0. The molecule has 8 heteroatoms. The predicted molar refractivity (Wildman–Crippen MR) is 106 cm³/mol. The minimum Gasteiger partial charge on any atom is -0.469 e. The van der Waals surface area contributed by atoms with Crippen LogP contribution in [0.4, 0.5) is 5.69 Å². The van der Waals surface area contributed by atoms with Crippen LogP contribution in [0.15, 0.2) is 23.3 Å². The normalized spacial score (nSPS) is 14.9. The lowest BCUT2D eigenvalue weighted by Gasteiger charge is -2.33. The molecular weight excluding hydrogens is 362 g/mol. The molecule has 8 nitrogen and oxygen atoms in total. The number of esters is 2. The van der Waals surface area contributed by atoms with E-state index in [-0.39, 0.29) is 11.3 Å². The van der Waals surface area contributed by atoms with Gasteiger partial charge >= 0.3 is 11.9 Å². The summed E-state index contributed by atoms with van der Waals surface area (Å²) in [5, 5.41) is 7.15. The Morgan fingerprint density at radius 2 is 1.82 bits per heavy atom. The van der Waals surface area contributed by atoms with Gasteiger partial charge in [-0.1, -0.05) is 6.08 Å². The SMILES string of the molecule is COC(=O)CC(=NNC(=O)c1cc(C)cc2c1NC(C)(C)C=C2C)C(=O)OC. The number of hydrogen-bond acceptors (Lipinski definition) is 7. The Hall–Kier alpha value is -3.16. The van der Waals surface area contributed by atoms with Gasteiger partial charge in [0.05, 0.1) is 37.4 Å². The Labute approximate surface area is 164 Å². The molecule has 0 radical (unpaired) electrons. The zero-order valence-electron chi connectivity index (χ0n) is 16.9. The first-order valence-corrected chi connectivity index (χ1v) is 8.72. The maximum atomic E-state index is 12.8. The van der Waals surface area contributed by atoms with Crippen LogP contribution in [-0.2, 0) is 19.1 Å². The van der Waals surface area contributed by atoms with Crippen LogP contribution in [0.25, 0.3) is 5.57 Å². The highest BCUT2D eigenvalue weighted by Crippen LogP contribution is 2.36. The number of carbonyl (C=O) groups is 3. The lowest BCUT2D eigenvalue weighted by Crippen LogP contribution is -2.34. The maximum absolute atomic E-state index is 12.8. The Kier molecular flexibility index (Phi) is 6.23. The number of hydrogen-bond donors (Lipinski definition) is 2. The highest BCUT2D eigenvalue weighted by molar-refractivity contribution is 6.39. The monoisotopic (exact) mass is 387 g/mol. The number of nitrogens with one attached hydrogen (secondary N) is 2. The summed E-state index contributed by atoms with van der Waals surface area (Å²) in [5.74, 6) is -2.00. The van der Waals surface area contributed by atoms with Crippen molar-refractivity contribution in [3.05, 3.63) is 34.9 Å². The molecular formula is C20H25N3O5. The molecule has 0 unspecified atom stereocenters. The second-order valence-corrected chi connectivity index (χ2v) is 7.15. The van der Waals surface area contributed by atoms with E-state index >= 15 is 0 Å². The fourth-order valence-electron chi connectivity index (χ4n) is 3.05. The first-order valence-electron chi connectivity index (χ1n) is 8.72. The minimum absolute atomic E-state index is 0.256. The molecule has 1 heterocycles. The van der Waals surface area contributed by atoms with Gasteiger partial charge in [0.1, 0.15) is 0 Å². The molecule has 0 saturated heterocycles. The van der Waals surface area contributed by atoms with E-state index in [1.807, 2.05) is 33.8 Å². The van der Waals surface area contributed by atoms with E-state index in [2.05, 4.69) is 31.4 Å². The highest BCUT2D eigenvalue weighted by Gasteiger charge is 2.27. The number of allylic oxidation sites excluding steroid dienone is 1. The van der Waals surface area contributed by atoms with Gasteiger partial charge in [-0.3, -0.25) is 9.59 Å². The van der Waals surface area contributed by atoms with E-state index < -0.39 is 24.3 Å². The second-order valence-electron chi connectivity index (χ2n) is 7.15. The highest BCUT2D eigenvalue weighted by atomic mass is 16.5. The molecule has 0 aromatic heterocycles. The molecule has 0 bridgehead atoms. The summed E-state index contributed by atoms with van der Waals surface area (Å²) in [6, 6.07) is 3.74. The molecule has 1 aromatic carbocycles. The van der Waals surface area contributed by atoms with Gasteiger partial charge in [0, 0.05) is 5.56 Å². The third kappa shape index (κ3) is 4.76. The van der Waals surface area contributed by atoms with Crippen molar-refractivity contribution < 1.29 is 23.9 Å². The van der Waals surface area contributed by atoms with Crippen molar-refractivity contribution in [1.82, 2.24) is 5.43 Å². The fourth-order valence-corrected chi connectivity index (χ4v) is 3.05. The van der Waals surface area contributed by atoms with E-state index in [1.54, 1.807) is 6.07 Å². The van der Waals surface area contributed by atoms with Gasteiger partial charge < -0.3 is 14.8 Å². The average molecular weight is 387 g/mol. The third-order valence-electron chi connectivity index (χ3n) is 4.23. The standard InChI is InChI=1S/C20H25N3O5/c1-11-7-13-12(2)10-20(3,4)21-17(13)14(8-11)18(25)23-22-15(19(26)28-6)9-16(24)27-5/h7-8,10,21H,9H2,1-6H3,(H,23,25). The lowest BCUT2D eigenvalue weighted by atomic mass is 9.88. The lowest BCUT2D eigenvalue weighted by molar-refractivity contribution is -0.140. The van der Waals surface area contributed by atoms with Crippen LogP contribution >= 0.6 is 0 Å². The van der Waals surface area contributed by atoms with E-state index in [9.17, 15) is 14.4 Å². The number of amides is 1. The number of carbonyl (C=O) groups excluding carboxylic acids is 3. The Morgan fingerprint density at radius 1 is 1.14 bits per heavy atom. The molecule has 0 fully saturated rings. The largest absolute Gasteiger partial charge is 0.469 e. The third-order valence-corrected chi connectivity index (χ3v) is 4.23. The number of fused-ring (bicyclic) bond motifs is 1. The van der Waals surface area contributed by atoms with Crippen LogP contribution < -0.4 is 10.7 Å². The molecule has 1 aliphatic rings. The van der Waals surface area contributed by atoms with Crippen molar-refractivity contribution in [2.24, 2.45) is 5.10 Å². The van der Waals surface area contributed by atoms with Crippen LogP contribution in [0.2, 0.25) is 0 Å². The Bertz CT molecular complexity index is 884. The molecule has 0 aliphatic carbocycles. The van der Waals surface area contributed by atoms with Crippen molar-refractivity contribution in [3.63, 3.8) is 0 Å². The maximum Gasteiger partial charge on any atom is 0.354 e.